The van der Waals surface area contributed by atoms with E-state index in [9.17, 15) is 18.0 Å². The molecule has 0 aliphatic carbocycles. The van der Waals surface area contributed by atoms with E-state index in [1.165, 1.54) is 0 Å². The van der Waals surface area contributed by atoms with Crippen molar-refractivity contribution in [3.8, 4) is 0 Å². The standard InChI is InChI=1S/C10H19F3N2O/c1-2-8(4-6-14)7-15-9(16)3-5-10(11,12)13/h8H,2-7,14H2,1H3,(H,15,16). The molecule has 1 amide bonds. The highest BCUT2D eigenvalue weighted by molar-refractivity contribution is 5.75. The first-order chi connectivity index (χ1) is 7.39. The zero-order chi connectivity index (χ0) is 12.6. The van der Waals surface area contributed by atoms with E-state index in [-0.39, 0.29) is 5.92 Å². The molecule has 0 fully saturated rings. The number of nitrogens with one attached hydrogen (secondary N) is 1. The molecule has 0 aliphatic heterocycles. The van der Waals surface area contributed by atoms with Crippen LogP contribution in [0, 0.1) is 5.92 Å². The molecule has 1 atom stereocenters. The molecule has 1 unspecified atom stereocenters. The van der Waals surface area contributed by atoms with Gasteiger partial charge in [-0.3, -0.25) is 4.79 Å². The van der Waals surface area contributed by atoms with Crippen LogP contribution in [0.15, 0.2) is 0 Å². The van der Waals surface area contributed by atoms with Crippen molar-refractivity contribution in [2.24, 2.45) is 11.7 Å². The Labute approximate surface area is 93.6 Å². The van der Waals surface area contributed by atoms with Crippen LogP contribution in [0.5, 0.6) is 0 Å². The van der Waals surface area contributed by atoms with Crippen molar-refractivity contribution < 1.29 is 18.0 Å². The minimum absolute atomic E-state index is 0.250. The van der Waals surface area contributed by atoms with Crippen LogP contribution < -0.4 is 11.1 Å². The summed E-state index contributed by atoms with van der Waals surface area (Å²) in [6.07, 6.45) is -4.19. The third-order valence-corrected chi connectivity index (χ3v) is 2.38. The monoisotopic (exact) mass is 240 g/mol. The first kappa shape index (κ1) is 15.2. The smallest absolute Gasteiger partial charge is 0.356 e. The molecule has 3 nitrogen and oxygen atoms in total. The van der Waals surface area contributed by atoms with Crippen molar-refractivity contribution in [2.75, 3.05) is 13.1 Å². The van der Waals surface area contributed by atoms with Gasteiger partial charge in [0.2, 0.25) is 5.91 Å². The lowest BCUT2D eigenvalue weighted by atomic mass is 10.0. The maximum absolute atomic E-state index is 11.8. The third kappa shape index (κ3) is 8.52. The first-order valence-electron chi connectivity index (χ1n) is 5.42. The SMILES string of the molecule is CCC(CCN)CNC(=O)CCC(F)(F)F. The van der Waals surface area contributed by atoms with E-state index in [1.807, 2.05) is 6.92 Å². The van der Waals surface area contributed by atoms with E-state index in [0.717, 1.165) is 12.8 Å². The van der Waals surface area contributed by atoms with Gasteiger partial charge < -0.3 is 11.1 Å². The molecule has 0 rings (SSSR count). The number of carbonyl (C=O) groups excluding carboxylic acids is 1. The maximum atomic E-state index is 11.8. The molecule has 3 N–H and O–H groups in total. The van der Waals surface area contributed by atoms with Gasteiger partial charge >= 0.3 is 6.18 Å². The molecule has 0 aromatic rings. The summed E-state index contributed by atoms with van der Waals surface area (Å²) in [6.45, 7) is 2.89. The van der Waals surface area contributed by atoms with Gasteiger partial charge in [-0.15, -0.1) is 0 Å². The van der Waals surface area contributed by atoms with Crippen LogP contribution in [-0.2, 0) is 4.79 Å². The van der Waals surface area contributed by atoms with E-state index >= 15 is 0 Å². The lowest BCUT2D eigenvalue weighted by molar-refractivity contribution is -0.144. The Morgan fingerprint density at radius 1 is 1.44 bits per heavy atom. The fourth-order valence-electron chi connectivity index (χ4n) is 1.29. The largest absolute Gasteiger partial charge is 0.389 e. The van der Waals surface area contributed by atoms with Crippen molar-refractivity contribution in [1.82, 2.24) is 5.32 Å². The molecular formula is C10H19F3N2O. The second kappa shape index (κ2) is 7.49. The molecule has 96 valence electrons. The fraction of sp³-hybridized carbons (Fsp3) is 0.900. The number of nitrogens with two attached hydrogens (primary N) is 1. The van der Waals surface area contributed by atoms with E-state index in [1.54, 1.807) is 0 Å². The second-order valence-electron chi connectivity index (χ2n) is 3.77. The van der Waals surface area contributed by atoms with Crippen LogP contribution >= 0.6 is 0 Å². The summed E-state index contributed by atoms with van der Waals surface area (Å²) in [7, 11) is 0. The molecule has 0 aromatic carbocycles. The predicted molar refractivity (Wildman–Crippen MR) is 55.8 cm³/mol. The van der Waals surface area contributed by atoms with Crippen molar-refractivity contribution in [3.63, 3.8) is 0 Å². The minimum atomic E-state index is -4.27. The quantitative estimate of drug-likeness (QED) is 0.713. The Hall–Kier alpha value is -0.780. The third-order valence-electron chi connectivity index (χ3n) is 2.38. The normalized spacial score (nSPS) is 13.6. The zero-order valence-corrected chi connectivity index (χ0v) is 9.44. The highest BCUT2D eigenvalue weighted by Gasteiger charge is 2.27. The average Bonchev–Trinajstić information content (AvgIpc) is 2.20. The van der Waals surface area contributed by atoms with Crippen LogP contribution in [0.2, 0.25) is 0 Å². The molecule has 0 radical (unpaired) electrons. The number of rotatable bonds is 7. The van der Waals surface area contributed by atoms with Gasteiger partial charge in [-0.25, -0.2) is 0 Å². The zero-order valence-electron chi connectivity index (χ0n) is 9.44. The van der Waals surface area contributed by atoms with Gasteiger partial charge in [0, 0.05) is 13.0 Å². The van der Waals surface area contributed by atoms with Crippen LogP contribution in [0.25, 0.3) is 0 Å². The first-order valence-corrected chi connectivity index (χ1v) is 5.42. The van der Waals surface area contributed by atoms with Gasteiger partial charge in [0.1, 0.15) is 0 Å². The lowest BCUT2D eigenvalue weighted by Gasteiger charge is -2.14. The fourth-order valence-corrected chi connectivity index (χ4v) is 1.29. The molecule has 0 saturated carbocycles. The van der Waals surface area contributed by atoms with E-state index in [0.29, 0.717) is 13.1 Å². The van der Waals surface area contributed by atoms with Crippen molar-refractivity contribution in [1.29, 1.82) is 0 Å². The van der Waals surface area contributed by atoms with Crippen molar-refractivity contribution >= 4 is 5.91 Å². The van der Waals surface area contributed by atoms with E-state index in [2.05, 4.69) is 5.32 Å². The van der Waals surface area contributed by atoms with E-state index < -0.39 is 24.9 Å². The van der Waals surface area contributed by atoms with Gasteiger partial charge in [-0.1, -0.05) is 13.3 Å². The molecule has 6 heteroatoms. The summed E-state index contributed by atoms with van der Waals surface area (Å²) in [4.78, 5) is 11.1. The minimum Gasteiger partial charge on any atom is -0.356 e. The number of hydrogen-bond acceptors (Lipinski definition) is 2. The van der Waals surface area contributed by atoms with Crippen LogP contribution in [-0.4, -0.2) is 25.2 Å². The molecule has 0 spiro atoms. The number of carbonyl (C=O) groups is 1. The highest BCUT2D eigenvalue weighted by atomic mass is 19.4. The van der Waals surface area contributed by atoms with Gasteiger partial charge in [0.25, 0.3) is 0 Å². The Morgan fingerprint density at radius 3 is 2.50 bits per heavy atom. The molecule has 0 aliphatic rings. The predicted octanol–water partition coefficient (Wildman–Crippen LogP) is 1.82. The number of amides is 1. The summed E-state index contributed by atoms with van der Waals surface area (Å²) >= 11 is 0. The number of hydrogen-bond donors (Lipinski definition) is 2. The van der Waals surface area contributed by atoms with Gasteiger partial charge in [0.05, 0.1) is 6.42 Å². The summed E-state index contributed by atoms with van der Waals surface area (Å²) in [6, 6.07) is 0. The molecule has 16 heavy (non-hydrogen) atoms. The topological polar surface area (TPSA) is 55.1 Å². The molecule has 0 heterocycles. The molecule has 0 bridgehead atoms. The number of halogens is 3. The van der Waals surface area contributed by atoms with Crippen LogP contribution in [0.3, 0.4) is 0 Å². The second-order valence-corrected chi connectivity index (χ2v) is 3.77. The average molecular weight is 240 g/mol. The summed E-state index contributed by atoms with van der Waals surface area (Å²) in [5.74, 6) is -0.298. The summed E-state index contributed by atoms with van der Waals surface area (Å²) in [5, 5.41) is 2.50. The van der Waals surface area contributed by atoms with Crippen LogP contribution in [0.1, 0.15) is 32.6 Å². The van der Waals surface area contributed by atoms with Crippen LogP contribution in [0.4, 0.5) is 13.2 Å². The summed E-state index contributed by atoms with van der Waals surface area (Å²) in [5.41, 5.74) is 5.37. The molecule has 0 saturated heterocycles. The Morgan fingerprint density at radius 2 is 2.06 bits per heavy atom. The lowest BCUT2D eigenvalue weighted by Crippen LogP contribution is -2.30. The van der Waals surface area contributed by atoms with Gasteiger partial charge in [0.15, 0.2) is 0 Å². The van der Waals surface area contributed by atoms with Crippen molar-refractivity contribution in [3.05, 3.63) is 0 Å². The highest BCUT2D eigenvalue weighted by Crippen LogP contribution is 2.21. The van der Waals surface area contributed by atoms with E-state index in [4.69, 9.17) is 5.73 Å². The Kier molecular flexibility index (Phi) is 7.12. The molecule has 0 aromatic heterocycles. The Balaban J connectivity index is 3.71. The van der Waals surface area contributed by atoms with Gasteiger partial charge in [-0.05, 0) is 18.9 Å². The Bertz CT molecular complexity index is 207. The maximum Gasteiger partial charge on any atom is 0.389 e. The van der Waals surface area contributed by atoms with Gasteiger partial charge in [-0.2, -0.15) is 13.2 Å². The molecular weight excluding hydrogens is 221 g/mol. The number of alkyl halides is 3. The van der Waals surface area contributed by atoms with Crippen molar-refractivity contribution in [2.45, 2.75) is 38.8 Å². The summed E-state index contributed by atoms with van der Waals surface area (Å²) < 4.78 is 35.4.